The minimum atomic E-state index is 0.251. The van der Waals surface area contributed by atoms with Crippen LogP contribution in [0.25, 0.3) is 0 Å². The minimum absolute atomic E-state index is 0.251. The van der Waals surface area contributed by atoms with Gasteiger partial charge in [0.1, 0.15) is 0 Å². The molecule has 0 saturated carbocycles. The van der Waals surface area contributed by atoms with Crippen molar-refractivity contribution in [3.63, 3.8) is 0 Å². The lowest BCUT2D eigenvalue weighted by molar-refractivity contribution is 0.0980. The lowest BCUT2D eigenvalue weighted by atomic mass is 10.0. The van der Waals surface area contributed by atoms with E-state index in [1.54, 1.807) is 0 Å². The summed E-state index contributed by atoms with van der Waals surface area (Å²) in [4.78, 5) is 13.8. The summed E-state index contributed by atoms with van der Waals surface area (Å²) in [5.41, 5.74) is 1.89. The molecule has 1 aliphatic heterocycles. The molecule has 0 saturated heterocycles. The summed E-state index contributed by atoms with van der Waals surface area (Å²) < 4.78 is 0. The highest BCUT2D eigenvalue weighted by molar-refractivity contribution is 6.03. The van der Waals surface area contributed by atoms with Crippen LogP contribution in [0.3, 0.4) is 0 Å². The summed E-state index contributed by atoms with van der Waals surface area (Å²) in [7, 11) is 0. The molecule has 0 spiro atoms. The number of carbonyl (C=O) groups is 1. The Balaban J connectivity index is 2.41. The average molecular weight is 187 g/mol. The first-order valence-corrected chi connectivity index (χ1v) is 4.81. The Labute approximate surface area is 83.8 Å². The fraction of sp³-hybridized carbons (Fsp3) is 0.250. The number of nitrogens with zero attached hydrogens (tertiary/aromatic N) is 1. The highest BCUT2D eigenvalue weighted by atomic mass is 16.1. The van der Waals surface area contributed by atoms with Gasteiger partial charge in [-0.1, -0.05) is 18.2 Å². The molecule has 0 amide bonds. The molecule has 0 fully saturated rings. The Morgan fingerprint density at radius 2 is 2.21 bits per heavy atom. The number of ketones is 1. The second kappa shape index (κ2) is 3.66. The van der Waals surface area contributed by atoms with Crippen LogP contribution in [0.15, 0.2) is 36.9 Å². The maximum Gasteiger partial charge on any atom is 0.166 e. The molecule has 0 atom stereocenters. The lowest BCUT2D eigenvalue weighted by Crippen LogP contribution is -2.31. The fourth-order valence-electron chi connectivity index (χ4n) is 1.82. The highest BCUT2D eigenvalue weighted by Crippen LogP contribution is 2.26. The monoisotopic (exact) mass is 187 g/mol. The number of anilines is 1. The Hall–Kier alpha value is -1.57. The fourth-order valence-corrected chi connectivity index (χ4v) is 1.82. The standard InChI is InChI=1S/C12H13NO/c1-2-8-13-9-7-12(14)10-5-3-4-6-11(10)13/h2-6H,1,7-9H2. The van der Waals surface area contributed by atoms with Crippen LogP contribution in [0.5, 0.6) is 0 Å². The Bertz CT molecular complexity index is 370. The summed E-state index contributed by atoms with van der Waals surface area (Å²) in [5, 5.41) is 0. The van der Waals surface area contributed by atoms with Gasteiger partial charge in [0.05, 0.1) is 0 Å². The quantitative estimate of drug-likeness (QED) is 0.662. The van der Waals surface area contributed by atoms with Gasteiger partial charge in [-0.2, -0.15) is 0 Å². The van der Waals surface area contributed by atoms with E-state index in [9.17, 15) is 4.79 Å². The molecule has 1 heterocycles. The van der Waals surface area contributed by atoms with Crippen LogP contribution in [-0.4, -0.2) is 18.9 Å². The second-order valence-corrected chi connectivity index (χ2v) is 3.43. The van der Waals surface area contributed by atoms with Crippen molar-refractivity contribution in [1.82, 2.24) is 0 Å². The predicted octanol–water partition coefficient (Wildman–Crippen LogP) is 2.27. The summed E-state index contributed by atoms with van der Waals surface area (Å²) in [6.45, 7) is 5.34. The van der Waals surface area contributed by atoms with E-state index in [-0.39, 0.29) is 5.78 Å². The number of hydrogen-bond acceptors (Lipinski definition) is 2. The number of fused-ring (bicyclic) bond motifs is 1. The van der Waals surface area contributed by atoms with Gasteiger partial charge in [-0.15, -0.1) is 6.58 Å². The third-order valence-corrected chi connectivity index (χ3v) is 2.50. The largest absolute Gasteiger partial charge is 0.367 e. The molecule has 0 radical (unpaired) electrons. The van der Waals surface area contributed by atoms with Gasteiger partial charge in [0.25, 0.3) is 0 Å². The van der Waals surface area contributed by atoms with Gasteiger partial charge in [-0.3, -0.25) is 4.79 Å². The molecule has 2 heteroatoms. The van der Waals surface area contributed by atoms with Crippen molar-refractivity contribution in [1.29, 1.82) is 0 Å². The molecular formula is C12H13NO. The summed E-state index contributed by atoms with van der Waals surface area (Å²) in [6.07, 6.45) is 2.48. The van der Waals surface area contributed by atoms with Crippen LogP contribution in [0.2, 0.25) is 0 Å². The molecule has 2 nitrogen and oxygen atoms in total. The van der Waals surface area contributed by atoms with E-state index in [2.05, 4.69) is 11.5 Å². The van der Waals surface area contributed by atoms with Gasteiger partial charge in [0, 0.05) is 30.8 Å². The van der Waals surface area contributed by atoms with Crippen molar-refractivity contribution in [2.45, 2.75) is 6.42 Å². The van der Waals surface area contributed by atoms with Crippen molar-refractivity contribution in [2.75, 3.05) is 18.0 Å². The first kappa shape index (κ1) is 9.00. The zero-order valence-electron chi connectivity index (χ0n) is 8.07. The number of hydrogen-bond donors (Lipinski definition) is 0. The SMILES string of the molecule is C=CCN1CCC(=O)c2ccccc21. The summed E-state index contributed by atoms with van der Waals surface area (Å²) >= 11 is 0. The average Bonchev–Trinajstić information content (AvgIpc) is 2.23. The van der Waals surface area contributed by atoms with Crippen molar-refractivity contribution < 1.29 is 4.79 Å². The minimum Gasteiger partial charge on any atom is -0.367 e. The maximum absolute atomic E-state index is 11.6. The first-order chi connectivity index (χ1) is 6.83. The van der Waals surface area contributed by atoms with Crippen LogP contribution in [0.4, 0.5) is 5.69 Å². The summed E-state index contributed by atoms with van der Waals surface area (Å²) in [5.74, 6) is 0.251. The molecule has 0 bridgehead atoms. The van der Waals surface area contributed by atoms with Gasteiger partial charge in [0.15, 0.2) is 5.78 Å². The molecule has 0 aliphatic carbocycles. The number of carbonyl (C=O) groups excluding carboxylic acids is 1. The maximum atomic E-state index is 11.6. The molecule has 1 aromatic rings. The number of Topliss-reactive ketones (excluding diaryl/α,β-unsaturated/α-hetero) is 1. The van der Waals surface area contributed by atoms with E-state index >= 15 is 0 Å². The van der Waals surface area contributed by atoms with Gasteiger partial charge in [-0.25, -0.2) is 0 Å². The van der Waals surface area contributed by atoms with E-state index in [0.717, 1.165) is 24.3 Å². The smallest absolute Gasteiger partial charge is 0.166 e. The van der Waals surface area contributed by atoms with Crippen LogP contribution < -0.4 is 4.90 Å². The molecule has 1 aromatic carbocycles. The second-order valence-electron chi connectivity index (χ2n) is 3.43. The molecule has 14 heavy (non-hydrogen) atoms. The van der Waals surface area contributed by atoms with Crippen molar-refractivity contribution in [3.05, 3.63) is 42.5 Å². The van der Waals surface area contributed by atoms with E-state index in [1.165, 1.54) is 0 Å². The van der Waals surface area contributed by atoms with Gasteiger partial charge >= 0.3 is 0 Å². The van der Waals surface area contributed by atoms with Gasteiger partial charge in [0.2, 0.25) is 0 Å². The third kappa shape index (κ3) is 1.43. The molecule has 2 rings (SSSR count). The molecule has 0 aromatic heterocycles. The van der Waals surface area contributed by atoms with Crippen LogP contribution in [-0.2, 0) is 0 Å². The molecule has 1 aliphatic rings. The van der Waals surface area contributed by atoms with E-state index in [1.807, 2.05) is 30.3 Å². The van der Waals surface area contributed by atoms with Crippen molar-refractivity contribution >= 4 is 11.5 Å². The lowest BCUT2D eigenvalue weighted by Gasteiger charge is -2.29. The molecule has 72 valence electrons. The Morgan fingerprint density at radius 3 is 3.00 bits per heavy atom. The van der Waals surface area contributed by atoms with E-state index in [4.69, 9.17) is 0 Å². The molecule has 0 unspecified atom stereocenters. The molecular weight excluding hydrogens is 174 g/mol. The van der Waals surface area contributed by atoms with Gasteiger partial charge in [-0.05, 0) is 12.1 Å². The Kier molecular flexibility index (Phi) is 2.35. The van der Waals surface area contributed by atoms with Crippen LogP contribution in [0.1, 0.15) is 16.8 Å². The summed E-state index contributed by atoms with van der Waals surface area (Å²) in [6, 6.07) is 7.77. The Morgan fingerprint density at radius 1 is 1.43 bits per heavy atom. The predicted molar refractivity (Wildman–Crippen MR) is 57.8 cm³/mol. The van der Waals surface area contributed by atoms with E-state index in [0.29, 0.717) is 6.42 Å². The topological polar surface area (TPSA) is 20.3 Å². The van der Waals surface area contributed by atoms with Crippen LogP contribution >= 0.6 is 0 Å². The number of rotatable bonds is 2. The first-order valence-electron chi connectivity index (χ1n) is 4.81. The zero-order valence-corrected chi connectivity index (χ0v) is 8.07. The number of benzene rings is 1. The van der Waals surface area contributed by atoms with Crippen molar-refractivity contribution in [2.24, 2.45) is 0 Å². The van der Waals surface area contributed by atoms with Crippen molar-refractivity contribution in [3.8, 4) is 0 Å². The normalized spacial score (nSPS) is 15.1. The van der Waals surface area contributed by atoms with E-state index < -0.39 is 0 Å². The highest BCUT2D eigenvalue weighted by Gasteiger charge is 2.20. The van der Waals surface area contributed by atoms with Gasteiger partial charge < -0.3 is 4.90 Å². The third-order valence-electron chi connectivity index (χ3n) is 2.50. The van der Waals surface area contributed by atoms with Crippen LogP contribution in [0, 0.1) is 0 Å². The number of para-hydroxylation sites is 1. The molecule has 0 N–H and O–H groups in total. The zero-order chi connectivity index (χ0) is 9.97.